The van der Waals surface area contributed by atoms with Crippen LogP contribution >= 0.6 is 0 Å². The standard InChI is InChI=1S/C28H31NO4/c1-33-23-14-8-7-13-22(23)25-24(27(31)28(32)29(25)21-11-3-2-4-12-21)26(30)20-16-15-18-9-5-6-10-19(18)17-20/h7-8,13-17,21,25,30H,2-6,9-12H2,1H3/b26-24+. The van der Waals surface area contributed by atoms with Crippen LogP contribution in [0.3, 0.4) is 0 Å². The number of carbonyl (C=O) groups is 2. The number of para-hydroxylation sites is 1. The Morgan fingerprint density at radius 3 is 2.42 bits per heavy atom. The molecule has 1 aliphatic heterocycles. The number of fused-ring (bicyclic) bond motifs is 1. The molecule has 0 bridgehead atoms. The molecule has 1 unspecified atom stereocenters. The molecule has 1 atom stereocenters. The Labute approximate surface area is 195 Å². The average Bonchev–Trinajstić information content (AvgIpc) is 3.13. The van der Waals surface area contributed by atoms with E-state index in [1.807, 2.05) is 36.4 Å². The van der Waals surface area contributed by atoms with Gasteiger partial charge in [0.1, 0.15) is 11.5 Å². The first kappa shape index (κ1) is 21.7. The number of amides is 1. The topological polar surface area (TPSA) is 66.8 Å². The Balaban J connectivity index is 1.67. The number of aryl methyl sites for hydroxylation is 2. The summed E-state index contributed by atoms with van der Waals surface area (Å²) in [6.07, 6.45) is 9.30. The van der Waals surface area contributed by atoms with Gasteiger partial charge in [0.25, 0.3) is 11.7 Å². The molecular weight excluding hydrogens is 414 g/mol. The van der Waals surface area contributed by atoms with Crippen molar-refractivity contribution < 1.29 is 19.4 Å². The number of benzene rings is 2. The first-order chi connectivity index (χ1) is 16.1. The maximum absolute atomic E-state index is 13.4. The van der Waals surface area contributed by atoms with E-state index in [1.165, 1.54) is 17.5 Å². The Kier molecular flexibility index (Phi) is 5.96. The number of carbonyl (C=O) groups excluding carboxylic acids is 2. The van der Waals surface area contributed by atoms with Crippen LogP contribution in [0.5, 0.6) is 5.75 Å². The molecular formula is C28H31NO4. The lowest BCUT2D eigenvalue weighted by atomic mass is 9.88. The van der Waals surface area contributed by atoms with Crippen LogP contribution in [0.4, 0.5) is 0 Å². The van der Waals surface area contributed by atoms with Gasteiger partial charge < -0.3 is 14.7 Å². The quantitative estimate of drug-likeness (QED) is 0.392. The number of aliphatic hydroxyl groups is 1. The van der Waals surface area contributed by atoms with E-state index in [0.717, 1.165) is 56.9 Å². The predicted molar refractivity (Wildman–Crippen MR) is 127 cm³/mol. The Hall–Kier alpha value is -3.08. The summed E-state index contributed by atoms with van der Waals surface area (Å²) in [5.41, 5.74) is 4.05. The molecule has 5 rings (SSSR count). The molecule has 2 aliphatic carbocycles. The largest absolute Gasteiger partial charge is 0.507 e. The summed E-state index contributed by atoms with van der Waals surface area (Å²) in [5.74, 6) is -0.596. The number of hydrogen-bond acceptors (Lipinski definition) is 4. The third-order valence-electron chi connectivity index (χ3n) is 7.50. The van der Waals surface area contributed by atoms with Crippen molar-refractivity contribution in [2.24, 2.45) is 0 Å². The molecule has 2 aromatic carbocycles. The second kappa shape index (κ2) is 9.05. The van der Waals surface area contributed by atoms with E-state index in [9.17, 15) is 14.7 Å². The lowest BCUT2D eigenvalue weighted by Gasteiger charge is -2.35. The third-order valence-corrected chi connectivity index (χ3v) is 7.50. The lowest BCUT2D eigenvalue weighted by Crippen LogP contribution is -2.40. The van der Waals surface area contributed by atoms with Gasteiger partial charge in [-0.25, -0.2) is 0 Å². The molecule has 1 amide bonds. The van der Waals surface area contributed by atoms with Crippen molar-refractivity contribution in [3.8, 4) is 5.75 Å². The fourth-order valence-electron chi connectivity index (χ4n) is 5.82. The summed E-state index contributed by atoms with van der Waals surface area (Å²) < 4.78 is 5.62. The normalized spacial score (nSPS) is 22.9. The molecule has 0 aromatic heterocycles. The number of ketones is 1. The minimum absolute atomic E-state index is 0.0149. The molecule has 2 aromatic rings. The molecule has 5 nitrogen and oxygen atoms in total. The van der Waals surface area contributed by atoms with E-state index < -0.39 is 17.7 Å². The number of nitrogens with zero attached hydrogens (tertiary/aromatic N) is 1. The molecule has 33 heavy (non-hydrogen) atoms. The van der Waals surface area contributed by atoms with E-state index in [0.29, 0.717) is 11.3 Å². The highest BCUT2D eigenvalue weighted by Gasteiger charge is 2.49. The summed E-state index contributed by atoms with van der Waals surface area (Å²) in [6.45, 7) is 0. The van der Waals surface area contributed by atoms with Gasteiger partial charge in [-0.15, -0.1) is 0 Å². The van der Waals surface area contributed by atoms with Crippen LogP contribution in [-0.2, 0) is 22.4 Å². The molecule has 1 heterocycles. The SMILES string of the molecule is COc1ccccc1C1/C(=C(\O)c2ccc3c(c2)CCCC3)C(=O)C(=O)N1C1CCCCC1. The van der Waals surface area contributed by atoms with Gasteiger partial charge in [-0.1, -0.05) is 49.6 Å². The number of aliphatic hydroxyl groups excluding tert-OH is 1. The number of rotatable bonds is 4. The second-order valence-corrected chi connectivity index (χ2v) is 9.43. The minimum Gasteiger partial charge on any atom is -0.507 e. The summed E-state index contributed by atoms with van der Waals surface area (Å²) in [5, 5.41) is 11.5. The van der Waals surface area contributed by atoms with Crippen molar-refractivity contribution in [3.05, 3.63) is 70.3 Å². The van der Waals surface area contributed by atoms with Crippen molar-refractivity contribution in [2.45, 2.75) is 69.9 Å². The molecule has 5 heteroatoms. The van der Waals surface area contributed by atoms with E-state index >= 15 is 0 Å². The predicted octanol–water partition coefficient (Wildman–Crippen LogP) is 5.33. The molecule has 172 valence electrons. The minimum atomic E-state index is -0.653. The summed E-state index contributed by atoms with van der Waals surface area (Å²) in [7, 11) is 1.59. The summed E-state index contributed by atoms with van der Waals surface area (Å²) in [6, 6.07) is 12.8. The van der Waals surface area contributed by atoms with Gasteiger partial charge in [0.15, 0.2) is 0 Å². The third kappa shape index (κ3) is 3.84. The molecule has 0 spiro atoms. The van der Waals surface area contributed by atoms with Gasteiger partial charge in [-0.3, -0.25) is 9.59 Å². The van der Waals surface area contributed by atoms with Crippen LogP contribution in [0.2, 0.25) is 0 Å². The van der Waals surface area contributed by atoms with Crippen LogP contribution in [0, 0.1) is 0 Å². The van der Waals surface area contributed by atoms with Gasteiger partial charge in [0.2, 0.25) is 0 Å². The van der Waals surface area contributed by atoms with E-state index in [4.69, 9.17) is 4.74 Å². The average molecular weight is 446 g/mol. The van der Waals surface area contributed by atoms with Crippen LogP contribution < -0.4 is 4.74 Å². The fourth-order valence-corrected chi connectivity index (χ4v) is 5.82. The van der Waals surface area contributed by atoms with Crippen molar-refractivity contribution >= 4 is 17.4 Å². The Morgan fingerprint density at radius 2 is 1.67 bits per heavy atom. The number of methoxy groups -OCH3 is 1. The van der Waals surface area contributed by atoms with Gasteiger partial charge in [0, 0.05) is 17.2 Å². The van der Waals surface area contributed by atoms with Crippen molar-refractivity contribution in [1.29, 1.82) is 0 Å². The van der Waals surface area contributed by atoms with Crippen molar-refractivity contribution in [2.75, 3.05) is 7.11 Å². The van der Waals surface area contributed by atoms with E-state index in [2.05, 4.69) is 6.07 Å². The maximum atomic E-state index is 13.4. The van der Waals surface area contributed by atoms with Gasteiger partial charge in [-0.2, -0.15) is 0 Å². The zero-order chi connectivity index (χ0) is 22.9. The van der Waals surface area contributed by atoms with Gasteiger partial charge in [-0.05, 0) is 61.8 Å². The molecule has 1 saturated heterocycles. The van der Waals surface area contributed by atoms with Crippen LogP contribution in [-0.4, -0.2) is 34.8 Å². The molecule has 1 saturated carbocycles. The lowest BCUT2D eigenvalue weighted by molar-refractivity contribution is -0.141. The highest BCUT2D eigenvalue weighted by molar-refractivity contribution is 6.46. The van der Waals surface area contributed by atoms with Gasteiger partial charge >= 0.3 is 0 Å². The van der Waals surface area contributed by atoms with Crippen molar-refractivity contribution in [1.82, 2.24) is 4.90 Å². The molecule has 3 aliphatic rings. The summed E-state index contributed by atoms with van der Waals surface area (Å²) in [4.78, 5) is 28.5. The van der Waals surface area contributed by atoms with Crippen LogP contribution in [0.1, 0.15) is 73.2 Å². The zero-order valence-electron chi connectivity index (χ0n) is 19.2. The van der Waals surface area contributed by atoms with Crippen molar-refractivity contribution in [3.63, 3.8) is 0 Å². The number of Topliss-reactive ketones (excluding diaryl/α,β-unsaturated/α-hetero) is 1. The molecule has 2 fully saturated rings. The molecule has 0 radical (unpaired) electrons. The van der Waals surface area contributed by atoms with Crippen LogP contribution in [0.15, 0.2) is 48.0 Å². The maximum Gasteiger partial charge on any atom is 0.295 e. The number of likely N-dealkylation sites (tertiary alicyclic amines) is 1. The van der Waals surface area contributed by atoms with E-state index in [-0.39, 0.29) is 17.4 Å². The first-order valence-electron chi connectivity index (χ1n) is 12.2. The highest BCUT2D eigenvalue weighted by atomic mass is 16.5. The molecule has 1 N–H and O–H groups in total. The smallest absolute Gasteiger partial charge is 0.295 e. The van der Waals surface area contributed by atoms with E-state index in [1.54, 1.807) is 12.0 Å². The fraction of sp³-hybridized carbons (Fsp3) is 0.429. The Morgan fingerprint density at radius 1 is 0.939 bits per heavy atom. The number of hydrogen-bond donors (Lipinski definition) is 1. The Bertz CT molecular complexity index is 1110. The first-order valence-corrected chi connectivity index (χ1v) is 12.2. The van der Waals surface area contributed by atoms with Gasteiger partial charge in [0.05, 0.1) is 18.7 Å². The second-order valence-electron chi connectivity index (χ2n) is 9.43. The monoisotopic (exact) mass is 445 g/mol. The van der Waals surface area contributed by atoms with Crippen LogP contribution in [0.25, 0.3) is 5.76 Å². The number of ether oxygens (including phenoxy) is 1. The zero-order valence-corrected chi connectivity index (χ0v) is 19.2. The highest BCUT2D eigenvalue weighted by Crippen LogP contribution is 2.45. The summed E-state index contributed by atoms with van der Waals surface area (Å²) >= 11 is 0.